The molecule has 0 amide bonds. The van der Waals surface area contributed by atoms with E-state index in [-0.39, 0.29) is 0 Å². The molecule has 0 aliphatic heterocycles. The van der Waals surface area contributed by atoms with Crippen molar-refractivity contribution in [1.29, 1.82) is 0 Å². The van der Waals surface area contributed by atoms with Crippen molar-refractivity contribution < 1.29 is 5.73 Å². The highest BCUT2D eigenvalue weighted by molar-refractivity contribution is 5.85. The quantitative estimate of drug-likeness (QED) is 0.682. The molecular formula is C12H14N+. The SMILES string of the molecule is C[C@@H]([NH3+])c1cccc2ccccc12. The molecular weight excluding hydrogens is 158 g/mol. The van der Waals surface area contributed by atoms with Crippen molar-refractivity contribution in [2.75, 3.05) is 0 Å². The van der Waals surface area contributed by atoms with Crippen LogP contribution in [-0.2, 0) is 0 Å². The van der Waals surface area contributed by atoms with E-state index in [0.29, 0.717) is 6.04 Å². The molecule has 0 saturated carbocycles. The van der Waals surface area contributed by atoms with Crippen LogP contribution in [0, 0.1) is 0 Å². The second-order valence-electron chi connectivity index (χ2n) is 3.47. The first kappa shape index (κ1) is 8.27. The van der Waals surface area contributed by atoms with Gasteiger partial charge in [-0.25, -0.2) is 0 Å². The lowest BCUT2D eigenvalue weighted by Gasteiger charge is -2.06. The minimum atomic E-state index is 0.353. The Hall–Kier alpha value is -1.34. The first-order valence-corrected chi connectivity index (χ1v) is 4.60. The highest BCUT2D eigenvalue weighted by atomic mass is 14.6. The summed E-state index contributed by atoms with van der Waals surface area (Å²) in [5.41, 5.74) is 5.39. The smallest absolute Gasteiger partial charge is 0.108 e. The summed E-state index contributed by atoms with van der Waals surface area (Å²) in [7, 11) is 0. The molecule has 0 aliphatic carbocycles. The van der Waals surface area contributed by atoms with E-state index in [1.165, 1.54) is 16.3 Å². The minimum absolute atomic E-state index is 0.353. The molecule has 0 bridgehead atoms. The van der Waals surface area contributed by atoms with Gasteiger partial charge < -0.3 is 5.73 Å². The van der Waals surface area contributed by atoms with Crippen LogP contribution >= 0.6 is 0 Å². The van der Waals surface area contributed by atoms with E-state index in [4.69, 9.17) is 0 Å². The number of rotatable bonds is 1. The molecule has 1 nitrogen and oxygen atoms in total. The van der Waals surface area contributed by atoms with Crippen molar-refractivity contribution in [1.82, 2.24) is 0 Å². The monoisotopic (exact) mass is 172 g/mol. The molecule has 0 radical (unpaired) electrons. The molecule has 0 aromatic heterocycles. The maximum atomic E-state index is 4.06. The van der Waals surface area contributed by atoms with E-state index >= 15 is 0 Å². The van der Waals surface area contributed by atoms with Gasteiger partial charge in [0.25, 0.3) is 0 Å². The van der Waals surface area contributed by atoms with Gasteiger partial charge in [0.2, 0.25) is 0 Å². The van der Waals surface area contributed by atoms with Gasteiger partial charge in [0.1, 0.15) is 6.04 Å². The molecule has 0 fully saturated rings. The molecule has 13 heavy (non-hydrogen) atoms. The van der Waals surface area contributed by atoms with Gasteiger partial charge in [-0.05, 0) is 17.7 Å². The Morgan fingerprint density at radius 2 is 1.69 bits per heavy atom. The Labute approximate surface area is 78.2 Å². The second-order valence-corrected chi connectivity index (χ2v) is 3.47. The summed E-state index contributed by atoms with van der Waals surface area (Å²) in [6.45, 7) is 2.13. The van der Waals surface area contributed by atoms with Crippen LogP contribution in [0.1, 0.15) is 18.5 Å². The lowest BCUT2D eigenvalue weighted by Crippen LogP contribution is -2.51. The summed E-state index contributed by atoms with van der Waals surface area (Å²) in [5, 5.41) is 2.63. The molecule has 1 heteroatoms. The van der Waals surface area contributed by atoms with Gasteiger partial charge in [-0.1, -0.05) is 42.5 Å². The van der Waals surface area contributed by atoms with E-state index in [1.54, 1.807) is 0 Å². The largest absolute Gasteiger partial charge is 0.352 e. The maximum absolute atomic E-state index is 4.06. The summed E-state index contributed by atoms with van der Waals surface area (Å²) >= 11 is 0. The van der Waals surface area contributed by atoms with Gasteiger partial charge in [0, 0.05) is 5.56 Å². The zero-order valence-electron chi connectivity index (χ0n) is 7.83. The van der Waals surface area contributed by atoms with E-state index in [0.717, 1.165) is 0 Å². The standard InChI is InChI=1S/C12H13N/c1-9(13)11-8-4-6-10-5-2-3-7-12(10)11/h2-9H,13H2,1H3/p+1/t9-/m1/s1. The topological polar surface area (TPSA) is 27.6 Å². The van der Waals surface area contributed by atoms with Crippen LogP contribution in [0.2, 0.25) is 0 Å². The third-order valence-corrected chi connectivity index (χ3v) is 2.35. The van der Waals surface area contributed by atoms with E-state index in [2.05, 4.69) is 55.1 Å². The van der Waals surface area contributed by atoms with Crippen LogP contribution in [0.15, 0.2) is 42.5 Å². The van der Waals surface area contributed by atoms with E-state index in [9.17, 15) is 0 Å². The normalized spacial score (nSPS) is 13.1. The summed E-state index contributed by atoms with van der Waals surface area (Å²) < 4.78 is 0. The average molecular weight is 172 g/mol. The Bertz CT molecular complexity index is 413. The molecule has 2 aromatic carbocycles. The maximum Gasteiger partial charge on any atom is 0.108 e. The highest BCUT2D eigenvalue weighted by Gasteiger charge is 2.05. The van der Waals surface area contributed by atoms with Gasteiger partial charge in [-0.15, -0.1) is 0 Å². The number of hydrogen-bond acceptors (Lipinski definition) is 0. The van der Waals surface area contributed by atoms with E-state index in [1.807, 2.05) is 0 Å². The van der Waals surface area contributed by atoms with Crippen LogP contribution < -0.4 is 5.73 Å². The minimum Gasteiger partial charge on any atom is -0.352 e. The molecule has 3 N–H and O–H groups in total. The summed E-state index contributed by atoms with van der Waals surface area (Å²) in [5.74, 6) is 0. The van der Waals surface area contributed by atoms with Crippen LogP contribution in [0.3, 0.4) is 0 Å². The van der Waals surface area contributed by atoms with Crippen molar-refractivity contribution in [3.05, 3.63) is 48.0 Å². The zero-order valence-corrected chi connectivity index (χ0v) is 7.83. The van der Waals surface area contributed by atoms with Gasteiger partial charge in [-0.3, -0.25) is 0 Å². The summed E-state index contributed by atoms with van der Waals surface area (Å²) in [6, 6.07) is 15.2. The number of benzene rings is 2. The Balaban J connectivity index is 2.76. The lowest BCUT2D eigenvalue weighted by atomic mass is 10.0. The second kappa shape index (κ2) is 3.19. The van der Waals surface area contributed by atoms with Gasteiger partial charge in [0.05, 0.1) is 0 Å². The fraction of sp³-hybridized carbons (Fsp3) is 0.167. The molecule has 66 valence electrons. The van der Waals surface area contributed by atoms with Crippen LogP contribution in [0.4, 0.5) is 0 Å². The first-order valence-electron chi connectivity index (χ1n) is 4.60. The molecule has 1 atom stereocenters. The third-order valence-electron chi connectivity index (χ3n) is 2.35. The average Bonchev–Trinajstić information content (AvgIpc) is 2.17. The molecule has 0 spiro atoms. The molecule has 2 aromatic rings. The van der Waals surface area contributed by atoms with Crippen molar-refractivity contribution in [2.45, 2.75) is 13.0 Å². The van der Waals surface area contributed by atoms with Crippen molar-refractivity contribution in [3.8, 4) is 0 Å². The molecule has 0 aliphatic rings. The van der Waals surface area contributed by atoms with Crippen molar-refractivity contribution in [2.24, 2.45) is 0 Å². The Morgan fingerprint density at radius 3 is 2.46 bits per heavy atom. The number of quaternary nitrogens is 1. The predicted octanol–water partition coefficient (Wildman–Crippen LogP) is 2.14. The summed E-state index contributed by atoms with van der Waals surface area (Å²) in [4.78, 5) is 0. The molecule has 0 heterocycles. The zero-order chi connectivity index (χ0) is 9.26. The van der Waals surface area contributed by atoms with Crippen molar-refractivity contribution in [3.63, 3.8) is 0 Å². The van der Waals surface area contributed by atoms with Crippen LogP contribution in [-0.4, -0.2) is 0 Å². The number of hydrogen-bond donors (Lipinski definition) is 1. The predicted molar refractivity (Wildman–Crippen MR) is 55.3 cm³/mol. The molecule has 2 rings (SSSR count). The summed E-state index contributed by atoms with van der Waals surface area (Å²) in [6.07, 6.45) is 0. The third kappa shape index (κ3) is 1.43. The fourth-order valence-corrected chi connectivity index (χ4v) is 1.68. The van der Waals surface area contributed by atoms with Gasteiger partial charge >= 0.3 is 0 Å². The fourth-order valence-electron chi connectivity index (χ4n) is 1.68. The molecule has 0 saturated heterocycles. The van der Waals surface area contributed by atoms with Gasteiger partial charge in [0.15, 0.2) is 0 Å². The molecule has 0 unspecified atom stereocenters. The highest BCUT2D eigenvalue weighted by Crippen LogP contribution is 2.21. The number of fused-ring (bicyclic) bond motifs is 1. The van der Waals surface area contributed by atoms with E-state index < -0.39 is 0 Å². The van der Waals surface area contributed by atoms with Crippen LogP contribution in [0.25, 0.3) is 10.8 Å². The Kier molecular flexibility index (Phi) is 2.03. The lowest BCUT2D eigenvalue weighted by molar-refractivity contribution is -0.420. The first-order chi connectivity index (χ1) is 6.29. The Morgan fingerprint density at radius 1 is 1.00 bits per heavy atom. The van der Waals surface area contributed by atoms with Crippen molar-refractivity contribution >= 4 is 10.8 Å². The van der Waals surface area contributed by atoms with Crippen LogP contribution in [0.5, 0.6) is 0 Å². The van der Waals surface area contributed by atoms with Gasteiger partial charge in [-0.2, -0.15) is 0 Å².